The summed E-state index contributed by atoms with van der Waals surface area (Å²) in [6.07, 6.45) is 5.77. The van der Waals surface area contributed by atoms with Crippen LogP contribution in [-0.4, -0.2) is 40.3 Å². The van der Waals surface area contributed by atoms with Gasteiger partial charge in [0, 0.05) is 30.5 Å². The fourth-order valence-electron chi connectivity index (χ4n) is 3.63. The van der Waals surface area contributed by atoms with Crippen molar-refractivity contribution >= 4 is 5.69 Å². The first-order chi connectivity index (χ1) is 9.90. The van der Waals surface area contributed by atoms with Crippen LogP contribution in [0.25, 0.3) is 11.3 Å². The van der Waals surface area contributed by atoms with Crippen LogP contribution < -0.4 is 5.32 Å². The smallest absolute Gasteiger partial charge is 0.0650 e. The molecule has 2 aliphatic heterocycles. The third kappa shape index (κ3) is 2.10. The Morgan fingerprint density at radius 3 is 2.80 bits per heavy atom. The maximum Gasteiger partial charge on any atom is 0.0650 e. The van der Waals surface area contributed by atoms with Crippen molar-refractivity contribution in [3.63, 3.8) is 0 Å². The van der Waals surface area contributed by atoms with E-state index in [1.165, 1.54) is 43.6 Å². The highest BCUT2D eigenvalue weighted by molar-refractivity contribution is 5.62. The van der Waals surface area contributed by atoms with Crippen molar-refractivity contribution in [1.82, 2.24) is 15.1 Å². The Kier molecular flexibility index (Phi) is 2.96. The minimum Gasteiger partial charge on any atom is -0.381 e. The molecule has 0 radical (unpaired) electrons. The van der Waals surface area contributed by atoms with E-state index in [2.05, 4.69) is 44.7 Å². The molecule has 2 atom stereocenters. The highest BCUT2D eigenvalue weighted by Gasteiger charge is 2.36. The number of rotatable bonds is 3. The second-order valence-corrected chi connectivity index (χ2v) is 5.83. The monoisotopic (exact) mass is 268 g/mol. The van der Waals surface area contributed by atoms with Crippen molar-refractivity contribution in [3.05, 3.63) is 36.5 Å². The molecule has 104 valence electrons. The van der Waals surface area contributed by atoms with Gasteiger partial charge in [0.2, 0.25) is 0 Å². The number of fused-ring (bicyclic) bond motifs is 1. The maximum absolute atomic E-state index is 3.99. The maximum atomic E-state index is 3.99. The first-order valence-electron chi connectivity index (χ1n) is 7.50. The molecule has 4 nitrogen and oxygen atoms in total. The summed E-state index contributed by atoms with van der Waals surface area (Å²) >= 11 is 0. The molecule has 2 aliphatic rings. The molecule has 2 saturated heterocycles. The van der Waals surface area contributed by atoms with Gasteiger partial charge in [-0.05, 0) is 49.6 Å². The van der Waals surface area contributed by atoms with Gasteiger partial charge in [0.1, 0.15) is 0 Å². The minimum absolute atomic E-state index is 0.621. The molecule has 2 N–H and O–H groups in total. The first kappa shape index (κ1) is 12.0. The molecule has 1 aromatic carbocycles. The molecule has 4 heteroatoms. The predicted molar refractivity (Wildman–Crippen MR) is 80.6 cm³/mol. The van der Waals surface area contributed by atoms with Crippen molar-refractivity contribution in [1.29, 1.82) is 0 Å². The van der Waals surface area contributed by atoms with Gasteiger partial charge in [0.15, 0.2) is 0 Å². The zero-order valence-corrected chi connectivity index (χ0v) is 11.5. The number of anilines is 1. The molecule has 3 heterocycles. The lowest BCUT2D eigenvalue weighted by molar-refractivity contribution is 0.318. The van der Waals surface area contributed by atoms with E-state index in [1.807, 2.05) is 6.07 Å². The zero-order chi connectivity index (χ0) is 13.4. The average Bonchev–Trinajstić information content (AvgIpc) is 3.18. The van der Waals surface area contributed by atoms with Crippen LogP contribution in [0.2, 0.25) is 0 Å². The van der Waals surface area contributed by atoms with E-state index in [0.29, 0.717) is 6.04 Å². The van der Waals surface area contributed by atoms with E-state index >= 15 is 0 Å². The Morgan fingerprint density at radius 1 is 1.10 bits per heavy atom. The summed E-state index contributed by atoms with van der Waals surface area (Å²) in [5, 5.41) is 10.7. The van der Waals surface area contributed by atoms with E-state index in [0.717, 1.165) is 11.7 Å². The number of benzene rings is 1. The molecule has 2 fully saturated rings. The molecule has 0 aliphatic carbocycles. The summed E-state index contributed by atoms with van der Waals surface area (Å²) in [7, 11) is 0. The van der Waals surface area contributed by atoms with Gasteiger partial charge in [-0.15, -0.1) is 0 Å². The molecule has 0 spiro atoms. The van der Waals surface area contributed by atoms with Crippen molar-refractivity contribution in [2.75, 3.05) is 18.4 Å². The fourth-order valence-corrected chi connectivity index (χ4v) is 3.63. The third-order valence-corrected chi connectivity index (χ3v) is 4.65. The molecule has 0 amide bonds. The van der Waals surface area contributed by atoms with Crippen LogP contribution >= 0.6 is 0 Å². The summed E-state index contributed by atoms with van der Waals surface area (Å²) in [5.41, 5.74) is 3.48. The molecule has 20 heavy (non-hydrogen) atoms. The van der Waals surface area contributed by atoms with E-state index in [-0.39, 0.29) is 0 Å². The van der Waals surface area contributed by atoms with Gasteiger partial charge in [0.05, 0.1) is 5.69 Å². The average molecular weight is 268 g/mol. The largest absolute Gasteiger partial charge is 0.381 e. The topological polar surface area (TPSA) is 44.0 Å². The second-order valence-electron chi connectivity index (χ2n) is 5.83. The lowest BCUT2D eigenvalue weighted by atomic mass is 10.1. The summed E-state index contributed by atoms with van der Waals surface area (Å²) in [6.45, 7) is 2.55. The molecule has 0 saturated carbocycles. The Labute approximate surface area is 119 Å². The van der Waals surface area contributed by atoms with Crippen LogP contribution in [0.15, 0.2) is 36.5 Å². The molecule has 1 aromatic heterocycles. The fraction of sp³-hybridized carbons (Fsp3) is 0.438. The number of hydrogen-bond acceptors (Lipinski definition) is 3. The van der Waals surface area contributed by atoms with Crippen LogP contribution in [0.1, 0.15) is 19.3 Å². The number of aromatic nitrogens is 2. The lowest BCUT2D eigenvalue weighted by Gasteiger charge is -2.22. The SMILES string of the molecule is c1cc(-c2ccc(NC3CCN4CCCC34)cc2)[nH]n1. The van der Waals surface area contributed by atoms with Gasteiger partial charge >= 0.3 is 0 Å². The molecule has 4 rings (SSSR count). The minimum atomic E-state index is 0.621. The Hall–Kier alpha value is -1.81. The van der Waals surface area contributed by atoms with Gasteiger partial charge in [-0.2, -0.15) is 5.10 Å². The first-order valence-corrected chi connectivity index (χ1v) is 7.50. The van der Waals surface area contributed by atoms with Gasteiger partial charge in [0.25, 0.3) is 0 Å². The summed E-state index contributed by atoms with van der Waals surface area (Å²) in [4.78, 5) is 2.64. The highest BCUT2D eigenvalue weighted by Crippen LogP contribution is 2.30. The Bertz CT molecular complexity index is 561. The summed E-state index contributed by atoms with van der Waals surface area (Å²) in [6, 6.07) is 12.0. The van der Waals surface area contributed by atoms with Crippen molar-refractivity contribution in [2.24, 2.45) is 0 Å². The third-order valence-electron chi connectivity index (χ3n) is 4.65. The van der Waals surface area contributed by atoms with Gasteiger partial charge < -0.3 is 5.32 Å². The number of nitrogens with zero attached hydrogens (tertiary/aromatic N) is 2. The van der Waals surface area contributed by atoms with Gasteiger partial charge in [-0.3, -0.25) is 10.00 Å². The van der Waals surface area contributed by atoms with Crippen LogP contribution in [0.5, 0.6) is 0 Å². The highest BCUT2D eigenvalue weighted by atomic mass is 15.2. The van der Waals surface area contributed by atoms with Crippen LogP contribution in [0.4, 0.5) is 5.69 Å². The Morgan fingerprint density at radius 2 is 2.00 bits per heavy atom. The van der Waals surface area contributed by atoms with Crippen LogP contribution in [0, 0.1) is 0 Å². The zero-order valence-electron chi connectivity index (χ0n) is 11.5. The number of nitrogens with one attached hydrogen (secondary N) is 2. The number of hydrogen-bond donors (Lipinski definition) is 2. The van der Waals surface area contributed by atoms with Crippen molar-refractivity contribution in [2.45, 2.75) is 31.3 Å². The molecular weight excluding hydrogens is 248 g/mol. The predicted octanol–water partition coefficient (Wildman–Crippen LogP) is 2.73. The normalized spacial score (nSPS) is 25.8. The van der Waals surface area contributed by atoms with Crippen molar-refractivity contribution < 1.29 is 0 Å². The van der Waals surface area contributed by atoms with Gasteiger partial charge in [-0.1, -0.05) is 12.1 Å². The van der Waals surface area contributed by atoms with Crippen molar-refractivity contribution in [3.8, 4) is 11.3 Å². The van der Waals surface area contributed by atoms with Crippen LogP contribution in [0.3, 0.4) is 0 Å². The second kappa shape index (κ2) is 4.94. The standard InChI is InChI=1S/C16H20N4/c1-2-16-15(8-11-20(16)10-1)18-13-5-3-12(4-6-13)14-7-9-17-19-14/h3-7,9,15-16,18H,1-2,8,10-11H2,(H,17,19). The molecule has 2 unspecified atom stereocenters. The lowest BCUT2D eigenvalue weighted by Crippen LogP contribution is -2.33. The van der Waals surface area contributed by atoms with E-state index in [9.17, 15) is 0 Å². The summed E-state index contributed by atoms with van der Waals surface area (Å²) < 4.78 is 0. The Balaban J connectivity index is 1.47. The van der Waals surface area contributed by atoms with E-state index < -0.39 is 0 Å². The van der Waals surface area contributed by atoms with E-state index in [4.69, 9.17) is 0 Å². The van der Waals surface area contributed by atoms with Gasteiger partial charge in [-0.25, -0.2) is 0 Å². The van der Waals surface area contributed by atoms with Crippen LogP contribution in [-0.2, 0) is 0 Å². The molecule has 2 aromatic rings. The summed E-state index contributed by atoms with van der Waals surface area (Å²) in [5.74, 6) is 0. The number of H-pyrrole nitrogens is 1. The quantitative estimate of drug-likeness (QED) is 0.899. The van der Waals surface area contributed by atoms with E-state index in [1.54, 1.807) is 6.20 Å². The molecular formula is C16H20N4. The number of aromatic amines is 1. The molecule has 0 bridgehead atoms.